The van der Waals surface area contributed by atoms with Gasteiger partial charge in [-0.2, -0.15) is 0 Å². The molecule has 0 aliphatic heterocycles. The number of guanidine groups is 1. The number of rotatable bonds is 14. The highest BCUT2D eigenvalue weighted by Gasteiger charge is 2.52. The Balaban J connectivity index is 1.40. The Morgan fingerprint density at radius 2 is 1.90 bits per heavy atom. The van der Waals surface area contributed by atoms with Gasteiger partial charge in [-0.05, 0) is 118 Å². The lowest BCUT2D eigenvalue weighted by Gasteiger charge is -2.47. The van der Waals surface area contributed by atoms with Crippen molar-refractivity contribution in [3.8, 4) is 27.3 Å². The monoisotopic (exact) mass is 702 g/mol. The van der Waals surface area contributed by atoms with Crippen LogP contribution in [0.5, 0.6) is 5.75 Å². The van der Waals surface area contributed by atoms with Crippen molar-refractivity contribution in [3.63, 3.8) is 0 Å². The van der Waals surface area contributed by atoms with E-state index in [0.717, 1.165) is 62.9 Å². The number of hydrogen-bond acceptors (Lipinski definition) is 7. The number of aliphatic hydroxyl groups excluding tert-OH is 1. The van der Waals surface area contributed by atoms with Crippen LogP contribution < -0.4 is 16.4 Å². The van der Waals surface area contributed by atoms with Gasteiger partial charge in [-0.15, -0.1) is 28.6 Å². The molecule has 9 heteroatoms. The second-order valence-electron chi connectivity index (χ2n) is 14.3. The molecule has 6 atom stereocenters. The number of aliphatic hydroxyl groups is 1. The minimum atomic E-state index is -0.503. The fourth-order valence-corrected chi connectivity index (χ4v) is 10.3. The maximum absolute atomic E-state index is 14.5. The van der Waals surface area contributed by atoms with E-state index in [0.29, 0.717) is 30.6 Å². The number of Topliss-reactive ketones (excluding diaryl/α,β-unsaturated/α-hetero) is 1. The molecule has 2 fully saturated rings. The Bertz CT molecular complexity index is 1650. The smallest absolute Gasteiger partial charge is 0.188 e. The third kappa shape index (κ3) is 9.48. The Morgan fingerprint density at radius 1 is 1.10 bits per heavy atom. The third-order valence-corrected chi connectivity index (χ3v) is 12.9. The van der Waals surface area contributed by atoms with Gasteiger partial charge in [0.1, 0.15) is 5.75 Å². The molecule has 6 unspecified atom stereocenters. The number of ketones is 1. The summed E-state index contributed by atoms with van der Waals surface area (Å²) in [6.07, 6.45) is 11.3. The van der Waals surface area contributed by atoms with E-state index >= 15 is 0 Å². The highest BCUT2D eigenvalue weighted by Crippen LogP contribution is 2.58. The van der Waals surface area contributed by atoms with Gasteiger partial charge in [-0.3, -0.25) is 9.79 Å². The number of nitrogens with one attached hydrogen (secondary N) is 2. The molecule has 49 heavy (non-hydrogen) atoms. The second kappa shape index (κ2) is 17.1. The average molecular weight is 703 g/mol. The van der Waals surface area contributed by atoms with Gasteiger partial charge in [0.05, 0.1) is 15.9 Å². The zero-order valence-corrected chi connectivity index (χ0v) is 31.2. The average Bonchev–Trinajstić information content (AvgIpc) is 3.84. The fourth-order valence-electron chi connectivity index (χ4n) is 8.35. The summed E-state index contributed by atoms with van der Waals surface area (Å²) in [5.74, 6) is 8.00. The van der Waals surface area contributed by atoms with Crippen LogP contribution in [0.15, 0.2) is 47.5 Å². The van der Waals surface area contributed by atoms with E-state index in [1.807, 2.05) is 19.1 Å². The first-order valence-electron chi connectivity index (χ1n) is 18.0. The predicted molar refractivity (Wildman–Crippen MR) is 206 cm³/mol. The summed E-state index contributed by atoms with van der Waals surface area (Å²) >= 11 is 3.31. The number of carbonyl (C=O) groups excluding carboxylic acids is 1. The maximum atomic E-state index is 14.5. The number of phenols is 1. The van der Waals surface area contributed by atoms with E-state index < -0.39 is 6.10 Å². The number of thiophene rings is 2. The summed E-state index contributed by atoms with van der Waals surface area (Å²) in [5, 5.41) is 27.1. The van der Waals surface area contributed by atoms with Crippen LogP contribution in [0, 0.1) is 35.0 Å². The number of carbonyl (C=O) groups is 1. The number of aromatic hydroxyl groups is 1. The summed E-state index contributed by atoms with van der Waals surface area (Å²) in [5.41, 5.74) is 8.03. The number of phenolic OH excluding ortho intramolecular Hbond substituents is 1. The van der Waals surface area contributed by atoms with E-state index in [9.17, 15) is 15.0 Å². The van der Waals surface area contributed by atoms with Gasteiger partial charge >= 0.3 is 0 Å². The minimum Gasteiger partial charge on any atom is -0.508 e. The fraction of sp³-hybridized carbons (Fsp3) is 0.550. The van der Waals surface area contributed by atoms with Gasteiger partial charge in [-0.1, -0.05) is 38.5 Å². The van der Waals surface area contributed by atoms with Crippen molar-refractivity contribution < 1.29 is 15.0 Å². The van der Waals surface area contributed by atoms with E-state index in [1.165, 1.54) is 32.1 Å². The molecule has 7 nitrogen and oxygen atoms in total. The molecule has 2 aromatic heterocycles. The van der Waals surface area contributed by atoms with E-state index in [1.54, 1.807) is 42.7 Å². The van der Waals surface area contributed by atoms with Crippen LogP contribution in [0.4, 0.5) is 5.69 Å². The van der Waals surface area contributed by atoms with Crippen LogP contribution in [0.2, 0.25) is 0 Å². The number of anilines is 1. The summed E-state index contributed by atoms with van der Waals surface area (Å²) in [6, 6.07) is 13.9. The van der Waals surface area contributed by atoms with Crippen LogP contribution in [-0.2, 0) is 6.42 Å². The highest BCUT2D eigenvalue weighted by molar-refractivity contribution is 7.23. The minimum absolute atomic E-state index is 0.00484. The van der Waals surface area contributed by atoms with Gasteiger partial charge in [0.25, 0.3) is 0 Å². The molecule has 1 spiro atoms. The summed E-state index contributed by atoms with van der Waals surface area (Å²) in [7, 11) is 1.70. The Morgan fingerprint density at radius 3 is 2.65 bits per heavy atom. The SMILES string of the molecule is CC#Cc1ccc(-c2ccc(C(=O)C3CCC(C(Cc4cc(O)cc(NCC(C)O)c4)NC(N)=NC)CC34CCC(CCCCC)C4)s2)s1. The summed E-state index contributed by atoms with van der Waals surface area (Å²) in [6.45, 7) is 6.25. The molecular weight excluding hydrogens is 649 g/mol. The quantitative estimate of drug-likeness (QED) is 0.0378. The molecule has 6 N–H and O–H groups in total. The zero-order valence-electron chi connectivity index (χ0n) is 29.6. The van der Waals surface area contributed by atoms with Crippen LogP contribution in [-0.4, -0.2) is 47.7 Å². The number of unbranched alkanes of at least 4 members (excludes halogenated alkanes) is 2. The first kappa shape index (κ1) is 36.9. The normalized spacial score (nSPS) is 23.5. The van der Waals surface area contributed by atoms with E-state index in [-0.39, 0.29) is 29.0 Å². The molecular formula is C40H54N4O3S2. The lowest BCUT2D eigenvalue weighted by Crippen LogP contribution is -2.50. The number of benzene rings is 1. The maximum Gasteiger partial charge on any atom is 0.188 e. The molecule has 1 aromatic carbocycles. The number of hydrogen-bond donors (Lipinski definition) is 5. The van der Waals surface area contributed by atoms with Crippen molar-refractivity contribution >= 4 is 40.1 Å². The van der Waals surface area contributed by atoms with Crippen LogP contribution in [0.3, 0.4) is 0 Å². The Hall–Kier alpha value is -3.32. The van der Waals surface area contributed by atoms with Gasteiger partial charge in [0.2, 0.25) is 0 Å². The van der Waals surface area contributed by atoms with Crippen molar-refractivity contribution in [1.82, 2.24) is 5.32 Å². The van der Waals surface area contributed by atoms with Gasteiger partial charge in [0, 0.05) is 47.1 Å². The highest BCUT2D eigenvalue weighted by atomic mass is 32.1. The molecule has 5 rings (SSSR count). The van der Waals surface area contributed by atoms with Crippen LogP contribution in [0.1, 0.15) is 105 Å². The molecule has 0 amide bonds. The first-order chi connectivity index (χ1) is 23.6. The number of aliphatic imine (C=N–C) groups is 1. The molecule has 0 saturated heterocycles. The van der Waals surface area contributed by atoms with Crippen molar-refractivity contribution in [3.05, 3.63) is 57.8 Å². The number of nitrogens with zero attached hydrogens (tertiary/aromatic N) is 1. The zero-order chi connectivity index (χ0) is 35.0. The van der Waals surface area contributed by atoms with Gasteiger partial charge in [-0.25, -0.2) is 0 Å². The molecule has 2 saturated carbocycles. The first-order valence-corrected chi connectivity index (χ1v) is 19.7. The van der Waals surface area contributed by atoms with E-state index in [4.69, 9.17) is 5.73 Å². The lowest BCUT2D eigenvalue weighted by atomic mass is 9.58. The number of nitrogens with two attached hydrogens (primary N) is 1. The topological polar surface area (TPSA) is 120 Å². The lowest BCUT2D eigenvalue weighted by molar-refractivity contribution is 0.0387. The molecule has 2 aliphatic carbocycles. The molecule has 0 radical (unpaired) electrons. The van der Waals surface area contributed by atoms with Crippen molar-refractivity contribution in [1.29, 1.82) is 0 Å². The Kier molecular flexibility index (Phi) is 12.9. The molecule has 3 aromatic rings. The summed E-state index contributed by atoms with van der Waals surface area (Å²) in [4.78, 5) is 23.0. The van der Waals surface area contributed by atoms with Crippen molar-refractivity contribution in [2.24, 2.45) is 33.9 Å². The van der Waals surface area contributed by atoms with Crippen molar-refractivity contribution in [2.45, 2.75) is 104 Å². The van der Waals surface area contributed by atoms with Crippen molar-refractivity contribution in [2.75, 3.05) is 18.9 Å². The molecule has 2 aliphatic rings. The molecule has 2 heterocycles. The summed E-state index contributed by atoms with van der Waals surface area (Å²) < 4.78 is 0. The standard InChI is InChI=1S/C40H54N4O3S2/c1-5-7-8-10-27-17-18-40(23-27)24-29(34(44-39(41)42-4)21-28-19-30(22-31(46)20-28)43-25-26(3)45)11-13-33(40)38(47)37-16-15-36(49-37)35-14-12-32(48-35)9-6-2/h12,14-16,19-20,22,26-27,29,33-34,43,45-46H,5,7-8,10-11,13,17-18,21,23-25H2,1-4H3,(H3,41,42,44). The molecule has 264 valence electrons. The van der Waals surface area contributed by atoms with Crippen LogP contribution >= 0.6 is 22.7 Å². The third-order valence-electron chi connectivity index (χ3n) is 10.6. The van der Waals surface area contributed by atoms with E-state index in [2.05, 4.69) is 58.7 Å². The van der Waals surface area contributed by atoms with Gasteiger partial charge < -0.3 is 26.6 Å². The largest absolute Gasteiger partial charge is 0.508 e. The van der Waals surface area contributed by atoms with Gasteiger partial charge in [0.15, 0.2) is 11.7 Å². The predicted octanol–water partition coefficient (Wildman–Crippen LogP) is 8.46. The Labute approximate surface area is 300 Å². The molecule has 0 bridgehead atoms. The second-order valence-corrected chi connectivity index (χ2v) is 16.5. The van der Waals surface area contributed by atoms with Crippen LogP contribution in [0.25, 0.3) is 9.75 Å².